The molecule has 2 aromatic rings. The highest BCUT2D eigenvalue weighted by Gasteiger charge is 2.16. The third-order valence-corrected chi connectivity index (χ3v) is 2.98. The van der Waals surface area contributed by atoms with E-state index in [1.807, 2.05) is 31.2 Å². The summed E-state index contributed by atoms with van der Waals surface area (Å²) in [6.45, 7) is 2.24. The van der Waals surface area contributed by atoms with Crippen LogP contribution >= 0.6 is 0 Å². The summed E-state index contributed by atoms with van der Waals surface area (Å²) in [7, 11) is 1.51. The van der Waals surface area contributed by atoms with Gasteiger partial charge in [-0.05, 0) is 13.0 Å². The first-order chi connectivity index (χ1) is 9.13. The van der Waals surface area contributed by atoms with E-state index in [1.165, 1.54) is 7.11 Å². The zero-order valence-corrected chi connectivity index (χ0v) is 11.1. The van der Waals surface area contributed by atoms with E-state index in [9.17, 15) is 9.90 Å². The standard InChI is InChI=1S/C14H18N2O3/c1-9-13(11-5-3-4-6-12(11)16-9)14(18)15-7-10(17)8-19-2/h3-6,10,16-17H,7-8H2,1-2H3,(H,15,18). The van der Waals surface area contributed by atoms with Crippen molar-refractivity contribution in [2.75, 3.05) is 20.3 Å². The number of amides is 1. The number of para-hydroxylation sites is 1. The maximum atomic E-state index is 12.2. The number of aromatic nitrogens is 1. The van der Waals surface area contributed by atoms with Crippen LogP contribution in [0.3, 0.4) is 0 Å². The lowest BCUT2D eigenvalue weighted by Crippen LogP contribution is -2.34. The van der Waals surface area contributed by atoms with Gasteiger partial charge in [-0.2, -0.15) is 0 Å². The Morgan fingerprint density at radius 1 is 1.47 bits per heavy atom. The molecule has 0 fully saturated rings. The maximum Gasteiger partial charge on any atom is 0.253 e. The Balaban J connectivity index is 2.15. The number of aliphatic hydroxyl groups excluding tert-OH is 1. The maximum absolute atomic E-state index is 12.2. The Morgan fingerprint density at radius 2 is 2.21 bits per heavy atom. The molecule has 1 heterocycles. The Labute approximate surface area is 111 Å². The van der Waals surface area contributed by atoms with Crippen LogP contribution in [0.4, 0.5) is 0 Å². The molecule has 0 spiro atoms. The predicted molar refractivity (Wildman–Crippen MR) is 73.3 cm³/mol. The van der Waals surface area contributed by atoms with Crippen LogP contribution in [0, 0.1) is 6.92 Å². The van der Waals surface area contributed by atoms with E-state index in [4.69, 9.17) is 4.74 Å². The van der Waals surface area contributed by atoms with Crippen molar-refractivity contribution in [3.8, 4) is 0 Å². The number of fused-ring (bicyclic) bond motifs is 1. The molecule has 5 nitrogen and oxygen atoms in total. The number of hydrogen-bond donors (Lipinski definition) is 3. The van der Waals surface area contributed by atoms with Crippen LogP contribution in [0.1, 0.15) is 16.1 Å². The van der Waals surface area contributed by atoms with Crippen molar-refractivity contribution >= 4 is 16.8 Å². The molecule has 19 heavy (non-hydrogen) atoms. The van der Waals surface area contributed by atoms with Crippen LogP contribution < -0.4 is 5.32 Å². The molecule has 1 aromatic carbocycles. The van der Waals surface area contributed by atoms with Gasteiger partial charge in [0, 0.05) is 30.3 Å². The fourth-order valence-electron chi connectivity index (χ4n) is 2.12. The number of aromatic amines is 1. The van der Waals surface area contributed by atoms with Gasteiger partial charge in [-0.25, -0.2) is 0 Å². The molecular formula is C14H18N2O3. The summed E-state index contributed by atoms with van der Waals surface area (Å²) in [4.78, 5) is 15.3. The van der Waals surface area contributed by atoms with Crippen molar-refractivity contribution in [3.05, 3.63) is 35.5 Å². The van der Waals surface area contributed by atoms with Gasteiger partial charge >= 0.3 is 0 Å². The normalized spacial score (nSPS) is 12.6. The van der Waals surface area contributed by atoms with E-state index in [0.29, 0.717) is 5.56 Å². The third-order valence-electron chi connectivity index (χ3n) is 2.98. The molecule has 5 heteroatoms. The molecule has 0 aliphatic heterocycles. The Morgan fingerprint density at radius 3 is 2.95 bits per heavy atom. The summed E-state index contributed by atoms with van der Waals surface area (Å²) in [6, 6.07) is 7.65. The molecular weight excluding hydrogens is 244 g/mol. The van der Waals surface area contributed by atoms with E-state index >= 15 is 0 Å². The lowest BCUT2D eigenvalue weighted by Gasteiger charge is -2.10. The van der Waals surface area contributed by atoms with Crippen molar-refractivity contribution in [3.63, 3.8) is 0 Å². The van der Waals surface area contributed by atoms with Gasteiger partial charge in [0.2, 0.25) is 0 Å². The quantitative estimate of drug-likeness (QED) is 0.758. The second-order valence-electron chi connectivity index (χ2n) is 4.49. The zero-order chi connectivity index (χ0) is 13.8. The SMILES string of the molecule is COCC(O)CNC(=O)c1c(C)[nH]c2ccccc12. The van der Waals surface area contributed by atoms with Crippen LogP contribution in [0.15, 0.2) is 24.3 Å². The molecule has 3 N–H and O–H groups in total. The summed E-state index contributed by atoms with van der Waals surface area (Å²) in [6.07, 6.45) is -0.695. The number of carbonyl (C=O) groups excluding carboxylic acids is 1. The molecule has 0 radical (unpaired) electrons. The smallest absolute Gasteiger partial charge is 0.253 e. The van der Waals surface area contributed by atoms with Gasteiger partial charge in [-0.15, -0.1) is 0 Å². The average molecular weight is 262 g/mol. The van der Waals surface area contributed by atoms with E-state index in [0.717, 1.165) is 16.6 Å². The first-order valence-corrected chi connectivity index (χ1v) is 6.16. The van der Waals surface area contributed by atoms with Gasteiger partial charge in [-0.1, -0.05) is 18.2 Å². The van der Waals surface area contributed by atoms with Gasteiger partial charge in [0.25, 0.3) is 5.91 Å². The lowest BCUT2D eigenvalue weighted by atomic mass is 10.1. The highest BCUT2D eigenvalue weighted by atomic mass is 16.5. The number of rotatable bonds is 5. The summed E-state index contributed by atoms with van der Waals surface area (Å²) < 4.78 is 4.81. The van der Waals surface area contributed by atoms with Gasteiger partial charge in [-0.3, -0.25) is 4.79 Å². The van der Waals surface area contributed by atoms with E-state index in [-0.39, 0.29) is 19.1 Å². The predicted octanol–water partition coefficient (Wildman–Crippen LogP) is 1.21. The molecule has 0 aliphatic rings. The van der Waals surface area contributed by atoms with Crippen LogP contribution in [0.2, 0.25) is 0 Å². The van der Waals surface area contributed by atoms with Crippen molar-refractivity contribution in [1.29, 1.82) is 0 Å². The Bertz CT molecular complexity index is 577. The van der Waals surface area contributed by atoms with Gasteiger partial charge in [0.05, 0.1) is 18.3 Å². The van der Waals surface area contributed by atoms with Crippen LogP contribution in [0.5, 0.6) is 0 Å². The second-order valence-corrected chi connectivity index (χ2v) is 4.49. The molecule has 2 rings (SSSR count). The molecule has 0 bridgehead atoms. The Kier molecular flexibility index (Phi) is 4.19. The number of ether oxygens (including phenoxy) is 1. The first-order valence-electron chi connectivity index (χ1n) is 6.16. The molecule has 1 aromatic heterocycles. The van der Waals surface area contributed by atoms with Crippen molar-refractivity contribution in [2.24, 2.45) is 0 Å². The fraction of sp³-hybridized carbons (Fsp3) is 0.357. The monoisotopic (exact) mass is 262 g/mol. The van der Waals surface area contributed by atoms with Crippen molar-refractivity contribution in [2.45, 2.75) is 13.0 Å². The topological polar surface area (TPSA) is 74.3 Å². The average Bonchev–Trinajstić information content (AvgIpc) is 2.72. The number of methoxy groups -OCH3 is 1. The third kappa shape index (κ3) is 2.94. The number of aryl methyl sites for hydroxylation is 1. The number of nitrogens with one attached hydrogen (secondary N) is 2. The highest BCUT2D eigenvalue weighted by molar-refractivity contribution is 6.08. The molecule has 1 amide bonds. The van der Waals surface area contributed by atoms with Crippen LogP contribution in [0.25, 0.3) is 10.9 Å². The zero-order valence-electron chi connectivity index (χ0n) is 11.1. The summed E-state index contributed by atoms with van der Waals surface area (Å²) in [5.41, 5.74) is 2.38. The van der Waals surface area contributed by atoms with E-state index < -0.39 is 6.10 Å². The fourth-order valence-corrected chi connectivity index (χ4v) is 2.12. The van der Waals surface area contributed by atoms with Gasteiger partial charge < -0.3 is 20.1 Å². The molecule has 0 aliphatic carbocycles. The second kappa shape index (κ2) is 5.86. The van der Waals surface area contributed by atoms with Gasteiger partial charge in [0.1, 0.15) is 0 Å². The summed E-state index contributed by atoms with van der Waals surface area (Å²) >= 11 is 0. The molecule has 102 valence electrons. The highest BCUT2D eigenvalue weighted by Crippen LogP contribution is 2.21. The van der Waals surface area contributed by atoms with E-state index in [1.54, 1.807) is 0 Å². The molecule has 1 unspecified atom stereocenters. The molecule has 0 saturated heterocycles. The number of aliphatic hydroxyl groups is 1. The van der Waals surface area contributed by atoms with E-state index in [2.05, 4.69) is 10.3 Å². The number of carbonyl (C=O) groups is 1. The number of benzene rings is 1. The van der Waals surface area contributed by atoms with Crippen molar-refractivity contribution in [1.82, 2.24) is 10.3 Å². The van der Waals surface area contributed by atoms with Crippen molar-refractivity contribution < 1.29 is 14.6 Å². The largest absolute Gasteiger partial charge is 0.389 e. The molecule has 1 atom stereocenters. The number of hydrogen-bond acceptors (Lipinski definition) is 3. The van der Waals surface area contributed by atoms with Crippen LogP contribution in [-0.4, -0.2) is 42.4 Å². The Hall–Kier alpha value is -1.85. The summed E-state index contributed by atoms with van der Waals surface area (Å²) in [5.74, 6) is -0.190. The molecule has 0 saturated carbocycles. The summed E-state index contributed by atoms with van der Waals surface area (Å²) in [5, 5.41) is 13.1. The minimum atomic E-state index is -0.695. The lowest BCUT2D eigenvalue weighted by molar-refractivity contribution is 0.0610. The van der Waals surface area contributed by atoms with Crippen LogP contribution in [-0.2, 0) is 4.74 Å². The number of H-pyrrole nitrogens is 1. The first kappa shape index (κ1) is 13.6. The van der Waals surface area contributed by atoms with Gasteiger partial charge in [0.15, 0.2) is 0 Å². The minimum Gasteiger partial charge on any atom is -0.389 e. The minimum absolute atomic E-state index is 0.172.